The molecule has 0 radical (unpaired) electrons. The van der Waals surface area contributed by atoms with Gasteiger partial charge in [0.2, 0.25) is 11.8 Å². The summed E-state index contributed by atoms with van der Waals surface area (Å²) < 4.78 is 5.69. The zero-order valence-electron chi connectivity index (χ0n) is 16.3. The molecule has 0 unspecified atom stereocenters. The highest BCUT2D eigenvalue weighted by molar-refractivity contribution is 7.99. The molecule has 1 aromatic carbocycles. The molecular weight excluding hydrogens is 442 g/mol. The number of hydrogen-bond acceptors (Lipinski definition) is 8. The lowest BCUT2D eigenvalue weighted by molar-refractivity contribution is -0.128. The first-order chi connectivity index (χ1) is 14.7. The fraction of sp³-hybridized carbons (Fsp3) is 0.400. The third kappa shape index (κ3) is 5.96. The minimum atomic E-state index is 0.137. The number of nitrogens with zero attached hydrogens (tertiary/aromatic N) is 4. The molecule has 158 valence electrons. The molecule has 0 saturated carbocycles. The smallest absolute Gasteiger partial charge is 0.277 e. The zero-order chi connectivity index (χ0) is 20.8. The van der Waals surface area contributed by atoms with Crippen molar-refractivity contribution in [2.24, 2.45) is 0 Å². The van der Waals surface area contributed by atoms with Crippen molar-refractivity contribution in [3.05, 3.63) is 46.3 Å². The molecule has 0 aliphatic carbocycles. The van der Waals surface area contributed by atoms with E-state index in [1.165, 1.54) is 35.9 Å². The van der Waals surface area contributed by atoms with Gasteiger partial charge >= 0.3 is 0 Å². The molecule has 1 aliphatic heterocycles. The predicted molar refractivity (Wildman–Crippen MR) is 120 cm³/mol. The summed E-state index contributed by atoms with van der Waals surface area (Å²) in [5, 5.41) is 15.2. The summed E-state index contributed by atoms with van der Waals surface area (Å²) in [4.78, 5) is 18.9. The molecule has 1 saturated heterocycles. The van der Waals surface area contributed by atoms with Crippen molar-refractivity contribution in [1.82, 2.24) is 20.1 Å². The fourth-order valence-corrected chi connectivity index (χ4v) is 4.80. The van der Waals surface area contributed by atoms with E-state index < -0.39 is 0 Å². The Bertz CT molecular complexity index is 985. The zero-order valence-corrected chi connectivity index (χ0v) is 18.7. The molecule has 1 N–H and O–H groups in total. The Morgan fingerprint density at radius 2 is 2.07 bits per heavy atom. The van der Waals surface area contributed by atoms with Crippen LogP contribution < -0.4 is 5.32 Å². The Balaban J connectivity index is 1.28. The Hall–Kier alpha value is -2.10. The molecule has 0 spiro atoms. The number of likely N-dealkylation sites (tertiary alicyclic amines) is 1. The lowest BCUT2D eigenvalue weighted by atomic mass is 10.2. The largest absolute Gasteiger partial charge is 0.416 e. The summed E-state index contributed by atoms with van der Waals surface area (Å²) in [5.41, 5.74) is 1.72. The molecular formula is C20H22ClN5O2S2. The average Bonchev–Trinajstić information content (AvgIpc) is 3.27. The van der Waals surface area contributed by atoms with Crippen molar-refractivity contribution in [3.8, 4) is 0 Å². The molecule has 30 heavy (non-hydrogen) atoms. The van der Waals surface area contributed by atoms with E-state index in [1.807, 2.05) is 34.5 Å². The Morgan fingerprint density at radius 1 is 1.23 bits per heavy atom. The molecule has 3 aromatic rings. The van der Waals surface area contributed by atoms with Gasteiger partial charge in [0.1, 0.15) is 0 Å². The quantitative estimate of drug-likeness (QED) is 0.493. The van der Waals surface area contributed by atoms with Gasteiger partial charge in [-0.05, 0) is 31.0 Å². The summed E-state index contributed by atoms with van der Waals surface area (Å²) in [6.07, 6.45) is 5.03. The van der Waals surface area contributed by atoms with Crippen LogP contribution >= 0.6 is 34.7 Å². The monoisotopic (exact) mass is 463 g/mol. The van der Waals surface area contributed by atoms with Crippen LogP contribution in [0.1, 0.15) is 37.3 Å². The summed E-state index contributed by atoms with van der Waals surface area (Å²) in [6.45, 7) is 1.70. The van der Waals surface area contributed by atoms with Crippen molar-refractivity contribution in [3.63, 3.8) is 0 Å². The Morgan fingerprint density at radius 3 is 2.87 bits per heavy atom. The van der Waals surface area contributed by atoms with Crippen molar-refractivity contribution in [1.29, 1.82) is 0 Å². The summed E-state index contributed by atoms with van der Waals surface area (Å²) in [6, 6.07) is 7.49. The molecule has 4 rings (SSSR count). The third-order valence-corrected chi connectivity index (χ3v) is 6.53. The number of carbonyl (C=O) groups is 1. The highest BCUT2D eigenvalue weighted by Crippen LogP contribution is 2.25. The van der Waals surface area contributed by atoms with Gasteiger partial charge < -0.3 is 14.6 Å². The van der Waals surface area contributed by atoms with Crippen molar-refractivity contribution in [2.45, 2.75) is 37.3 Å². The maximum Gasteiger partial charge on any atom is 0.277 e. The van der Waals surface area contributed by atoms with E-state index in [0.29, 0.717) is 28.3 Å². The highest BCUT2D eigenvalue weighted by atomic mass is 35.5. The average molecular weight is 464 g/mol. The number of nitrogens with one attached hydrogen (secondary N) is 1. The second kappa shape index (κ2) is 10.3. The van der Waals surface area contributed by atoms with E-state index >= 15 is 0 Å². The van der Waals surface area contributed by atoms with Gasteiger partial charge in [-0.25, -0.2) is 4.98 Å². The summed E-state index contributed by atoms with van der Waals surface area (Å²) >= 11 is 8.80. The van der Waals surface area contributed by atoms with Gasteiger partial charge in [-0.15, -0.1) is 21.5 Å². The highest BCUT2D eigenvalue weighted by Gasteiger charge is 2.17. The number of benzene rings is 1. The predicted octanol–water partition coefficient (Wildman–Crippen LogP) is 5.01. The van der Waals surface area contributed by atoms with Gasteiger partial charge in [0.25, 0.3) is 5.22 Å². The number of amides is 1. The van der Waals surface area contributed by atoms with Crippen molar-refractivity contribution < 1.29 is 9.21 Å². The standard InChI is InChI=1S/C20H22ClN5O2S2/c21-14-6-5-7-15(10-14)22-19-23-16(12-29-19)11-17-24-25-20(28-17)30-13-18(27)26-8-3-1-2-4-9-26/h5-7,10,12H,1-4,8-9,11,13H2,(H,22,23). The molecule has 3 heterocycles. The second-order valence-corrected chi connectivity index (χ2v) is 9.22. The first kappa shape index (κ1) is 21.1. The number of anilines is 2. The van der Waals surface area contributed by atoms with Crippen LogP contribution in [0.3, 0.4) is 0 Å². The lowest BCUT2D eigenvalue weighted by Crippen LogP contribution is -2.33. The number of halogens is 1. The second-order valence-electron chi connectivity index (χ2n) is 7.00. The molecule has 1 fully saturated rings. The van der Waals surface area contributed by atoms with Gasteiger partial charge in [0, 0.05) is 29.2 Å². The van der Waals surface area contributed by atoms with E-state index in [9.17, 15) is 4.79 Å². The molecule has 2 aromatic heterocycles. The van der Waals surface area contributed by atoms with E-state index in [0.717, 1.165) is 42.4 Å². The van der Waals surface area contributed by atoms with Crippen LogP contribution in [0, 0.1) is 0 Å². The van der Waals surface area contributed by atoms with Crippen LogP contribution in [0.15, 0.2) is 39.3 Å². The van der Waals surface area contributed by atoms with Gasteiger partial charge in [0.15, 0.2) is 5.13 Å². The summed E-state index contributed by atoms with van der Waals surface area (Å²) in [5.74, 6) is 0.948. The summed E-state index contributed by atoms with van der Waals surface area (Å²) in [7, 11) is 0. The van der Waals surface area contributed by atoms with Gasteiger partial charge in [0.05, 0.1) is 17.9 Å². The van der Waals surface area contributed by atoms with Crippen LogP contribution in [-0.4, -0.2) is 44.8 Å². The van der Waals surface area contributed by atoms with Crippen LogP contribution in [0.2, 0.25) is 5.02 Å². The number of hydrogen-bond donors (Lipinski definition) is 1. The van der Waals surface area contributed by atoms with Crippen molar-refractivity contribution in [2.75, 3.05) is 24.2 Å². The Kier molecular flexibility index (Phi) is 7.24. The molecule has 7 nitrogen and oxygen atoms in total. The van der Waals surface area contributed by atoms with Gasteiger partial charge in [-0.2, -0.15) is 0 Å². The number of thiazole rings is 1. The number of rotatable bonds is 7. The molecule has 0 bridgehead atoms. The van der Waals surface area contributed by atoms with E-state index in [2.05, 4.69) is 20.5 Å². The molecule has 1 amide bonds. The van der Waals surface area contributed by atoms with Crippen LogP contribution in [0.4, 0.5) is 10.8 Å². The molecule has 1 aliphatic rings. The molecule has 0 atom stereocenters. The minimum Gasteiger partial charge on any atom is -0.416 e. The maximum absolute atomic E-state index is 12.4. The molecule has 10 heteroatoms. The normalized spacial score (nSPS) is 14.5. The minimum absolute atomic E-state index is 0.137. The number of thioether (sulfide) groups is 1. The van der Waals surface area contributed by atoms with Gasteiger partial charge in [-0.1, -0.05) is 42.3 Å². The van der Waals surface area contributed by atoms with E-state index in [-0.39, 0.29) is 5.91 Å². The number of carbonyl (C=O) groups excluding carboxylic acids is 1. The van der Waals surface area contributed by atoms with Crippen molar-refractivity contribution >= 4 is 51.4 Å². The Labute approximate surface area is 188 Å². The first-order valence-corrected chi connectivity index (χ1v) is 12.1. The third-order valence-electron chi connectivity index (χ3n) is 4.69. The first-order valence-electron chi connectivity index (χ1n) is 9.86. The SMILES string of the molecule is O=C(CSc1nnc(Cc2csc(Nc3cccc(Cl)c3)n2)o1)N1CCCCCC1. The lowest BCUT2D eigenvalue weighted by Gasteiger charge is -2.19. The van der Waals surface area contributed by atoms with Gasteiger partial charge in [-0.3, -0.25) is 4.79 Å². The van der Waals surface area contributed by atoms with E-state index in [4.69, 9.17) is 16.0 Å². The van der Waals surface area contributed by atoms with Crippen LogP contribution in [0.25, 0.3) is 0 Å². The fourth-order valence-electron chi connectivity index (χ4n) is 3.19. The number of aromatic nitrogens is 3. The topological polar surface area (TPSA) is 84.2 Å². The maximum atomic E-state index is 12.4. The van der Waals surface area contributed by atoms with Crippen LogP contribution in [-0.2, 0) is 11.2 Å². The van der Waals surface area contributed by atoms with Crippen LogP contribution in [0.5, 0.6) is 0 Å². The van der Waals surface area contributed by atoms with E-state index in [1.54, 1.807) is 0 Å².